The lowest BCUT2D eigenvalue weighted by atomic mass is 10.2. The zero-order valence-electron chi connectivity index (χ0n) is 12.0. The van der Waals surface area contributed by atoms with Gasteiger partial charge in [0.25, 0.3) is 11.7 Å². The number of Topliss-reactive ketones (excluding diaryl/α,β-unsaturated/α-hetero) is 1. The minimum Gasteiger partial charge on any atom is -0.319 e. The number of anilines is 1. The summed E-state index contributed by atoms with van der Waals surface area (Å²) in [5.74, 6) is -2.18. The number of hydrogen-bond donors (Lipinski definition) is 1. The maximum atomic E-state index is 13.1. The van der Waals surface area contributed by atoms with Crippen LogP contribution in [0.5, 0.6) is 0 Å². The van der Waals surface area contributed by atoms with Crippen LogP contribution < -0.4 is 5.32 Å². The van der Waals surface area contributed by atoms with Gasteiger partial charge in [0.1, 0.15) is 17.2 Å². The summed E-state index contributed by atoms with van der Waals surface area (Å²) in [5.41, 5.74) is 1.45. The molecule has 2 heterocycles. The number of hydrogen-bond acceptors (Lipinski definition) is 3. The van der Waals surface area contributed by atoms with Gasteiger partial charge in [-0.05, 0) is 37.3 Å². The molecule has 1 amide bonds. The summed E-state index contributed by atoms with van der Waals surface area (Å²) in [6, 6.07) is 8.94. The number of aromatic nitrogens is 2. The van der Waals surface area contributed by atoms with Gasteiger partial charge in [0.2, 0.25) is 0 Å². The van der Waals surface area contributed by atoms with E-state index in [0.29, 0.717) is 11.3 Å². The third kappa shape index (κ3) is 2.80. The topological polar surface area (TPSA) is 63.5 Å². The van der Waals surface area contributed by atoms with Crippen molar-refractivity contribution in [3.8, 4) is 0 Å². The Bertz CT molecular complexity index is 936. The van der Waals surface area contributed by atoms with Gasteiger partial charge in [-0.15, -0.1) is 0 Å². The first kappa shape index (κ1) is 15.2. The van der Waals surface area contributed by atoms with Gasteiger partial charge in [0.15, 0.2) is 0 Å². The van der Waals surface area contributed by atoms with Gasteiger partial charge in [-0.3, -0.25) is 14.0 Å². The molecule has 5 nitrogen and oxygen atoms in total. The molecule has 7 heteroatoms. The van der Waals surface area contributed by atoms with E-state index in [-0.39, 0.29) is 16.4 Å². The highest BCUT2D eigenvalue weighted by molar-refractivity contribution is 6.46. The van der Waals surface area contributed by atoms with E-state index in [2.05, 4.69) is 10.3 Å². The molecule has 3 rings (SSSR count). The Hall–Kier alpha value is -2.73. The standard InChI is InChI=1S/C16H11ClFN3O2/c1-9-14(21-7-3-2-4-13(21)19-9)15(22)16(23)20-10-5-6-12(18)11(17)8-10/h2-8H,1H3,(H,20,23). The number of aryl methyl sites for hydroxylation is 1. The molecule has 0 aliphatic heterocycles. The van der Waals surface area contributed by atoms with Crippen LogP contribution in [0.4, 0.5) is 10.1 Å². The maximum Gasteiger partial charge on any atom is 0.298 e. The smallest absolute Gasteiger partial charge is 0.298 e. The monoisotopic (exact) mass is 331 g/mol. The molecule has 2 aromatic heterocycles. The molecule has 0 aliphatic carbocycles. The average molecular weight is 332 g/mol. The molecule has 1 aromatic carbocycles. The third-order valence-electron chi connectivity index (χ3n) is 3.30. The van der Waals surface area contributed by atoms with Crippen LogP contribution in [0, 0.1) is 12.7 Å². The van der Waals surface area contributed by atoms with Gasteiger partial charge < -0.3 is 5.32 Å². The van der Waals surface area contributed by atoms with E-state index in [1.54, 1.807) is 35.7 Å². The zero-order valence-corrected chi connectivity index (χ0v) is 12.8. The minimum atomic E-state index is -0.846. The summed E-state index contributed by atoms with van der Waals surface area (Å²) in [6.45, 7) is 1.66. The second-order valence-electron chi connectivity index (χ2n) is 4.89. The number of carbonyl (C=O) groups excluding carboxylic acids is 2. The number of amides is 1. The number of ketones is 1. The average Bonchev–Trinajstić information content (AvgIpc) is 2.86. The summed E-state index contributed by atoms with van der Waals surface area (Å²) >= 11 is 5.65. The van der Waals surface area contributed by atoms with Crippen molar-refractivity contribution in [3.63, 3.8) is 0 Å². The molecular formula is C16H11ClFN3O2. The van der Waals surface area contributed by atoms with Crippen LogP contribution in [-0.4, -0.2) is 21.1 Å². The summed E-state index contributed by atoms with van der Waals surface area (Å²) in [5, 5.41) is 2.27. The van der Waals surface area contributed by atoms with E-state index < -0.39 is 17.5 Å². The Kier molecular flexibility index (Phi) is 3.83. The number of fused-ring (bicyclic) bond motifs is 1. The summed E-state index contributed by atoms with van der Waals surface area (Å²) in [6.07, 6.45) is 1.66. The Labute approximate surface area is 135 Å². The second kappa shape index (κ2) is 5.81. The molecule has 1 N–H and O–H groups in total. The van der Waals surface area contributed by atoms with E-state index in [4.69, 9.17) is 11.6 Å². The normalized spacial score (nSPS) is 10.7. The number of nitrogens with one attached hydrogen (secondary N) is 1. The molecular weight excluding hydrogens is 321 g/mol. The number of benzene rings is 1. The van der Waals surface area contributed by atoms with Crippen LogP contribution in [0.2, 0.25) is 5.02 Å². The van der Waals surface area contributed by atoms with Crippen molar-refractivity contribution in [2.75, 3.05) is 5.32 Å². The number of imidazole rings is 1. The van der Waals surface area contributed by atoms with Crippen LogP contribution >= 0.6 is 11.6 Å². The third-order valence-corrected chi connectivity index (χ3v) is 3.59. The van der Waals surface area contributed by atoms with Gasteiger partial charge in [-0.1, -0.05) is 17.7 Å². The summed E-state index contributed by atoms with van der Waals surface area (Å²) in [7, 11) is 0. The molecule has 0 bridgehead atoms. The van der Waals surface area contributed by atoms with E-state index in [0.717, 1.165) is 6.07 Å². The van der Waals surface area contributed by atoms with Gasteiger partial charge in [-0.25, -0.2) is 9.37 Å². The first-order valence-corrected chi connectivity index (χ1v) is 7.09. The quantitative estimate of drug-likeness (QED) is 0.592. The molecule has 0 radical (unpaired) electrons. The zero-order chi connectivity index (χ0) is 16.6. The highest BCUT2D eigenvalue weighted by atomic mass is 35.5. The fourth-order valence-corrected chi connectivity index (χ4v) is 2.44. The number of nitrogens with zero attached hydrogens (tertiary/aromatic N) is 2. The first-order chi connectivity index (χ1) is 11.0. The van der Waals surface area contributed by atoms with Gasteiger partial charge in [0, 0.05) is 11.9 Å². The van der Waals surface area contributed by atoms with Crippen molar-refractivity contribution in [3.05, 3.63) is 64.8 Å². The maximum absolute atomic E-state index is 13.1. The van der Waals surface area contributed by atoms with Gasteiger partial charge in [-0.2, -0.15) is 0 Å². The summed E-state index contributed by atoms with van der Waals surface area (Å²) in [4.78, 5) is 28.8. The Morgan fingerprint density at radius 2 is 2.04 bits per heavy atom. The van der Waals surface area contributed by atoms with Crippen LogP contribution in [0.15, 0.2) is 42.6 Å². The Morgan fingerprint density at radius 1 is 1.26 bits per heavy atom. The molecule has 0 aliphatic rings. The number of pyridine rings is 1. The van der Waals surface area contributed by atoms with Crippen molar-refractivity contribution in [1.82, 2.24) is 9.38 Å². The largest absolute Gasteiger partial charge is 0.319 e. The van der Waals surface area contributed by atoms with Crippen LogP contribution in [0.25, 0.3) is 5.65 Å². The van der Waals surface area contributed by atoms with E-state index >= 15 is 0 Å². The summed E-state index contributed by atoms with van der Waals surface area (Å²) < 4.78 is 14.7. The van der Waals surface area contributed by atoms with E-state index in [1.165, 1.54) is 12.1 Å². The van der Waals surface area contributed by atoms with E-state index in [9.17, 15) is 14.0 Å². The molecule has 0 saturated carbocycles. The lowest BCUT2D eigenvalue weighted by molar-refractivity contribution is -0.112. The molecule has 0 atom stereocenters. The molecule has 0 saturated heterocycles. The Morgan fingerprint density at radius 3 is 2.78 bits per heavy atom. The predicted molar refractivity (Wildman–Crippen MR) is 84.3 cm³/mol. The fraction of sp³-hybridized carbons (Fsp3) is 0.0625. The van der Waals surface area contributed by atoms with Crippen molar-refractivity contribution in [2.45, 2.75) is 6.92 Å². The lowest BCUT2D eigenvalue weighted by Crippen LogP contribution is -2.24. The van der Waals surface area contributed by atoms with Crippen LogP contribution in [0.1, 0.15) is 16.2 Å². The van der Waals surface area contributed by atoms with Gasteiger partial charge >= 0.3 is 0 Å². The first-order valence-electron chi connectivity index (χ1n) is 6.72. The highest BCUT2D eigenvalue weighted by Gasteiger charge is 2.23. The second-order valence-corrected chi connectivity index (χ2v) is 5.29. The van der Waals surface area contributed by atoms with Crippen molar-refractivity contribution >= 4 is 34.6 Å². The predicted octanol–water partition coefficient (Wildman–Crippen LogP) is 3.26. The number of carbonyl (C=O) groups is 2. The van der Waals surface area contributed by atoms with Crippen molar-refractivity contribution in [1.29, 1.82) is 0 Å². The van der Waals surface area contributed by atoms with Crippen LogP contribution in [0.3, 0.4) is 0 Å². The number of halogens is 2. The molecule has 3 aromatic rings. The molecule has 23 heavy (non-hydrogen) atoms. The van der Waals surface area contributed by atoms with Crippen LogP contribution in [-0.2, 0) is 4.79 Å². The molecule has 0 unspecified atom stereocenters. The molecule has 0 spiro atoms. The molecule has 0 fully saturated rings. The number of rotatable bonds is 3. The Balaban J connectivity index is 1.91. The van der Waals surface area contributed by atoms with Gasteiger partial charge in [0.05, 0.1) is 10.7 Å². The highest BCUT2D eigenvalue weighted by Crippen LogP contribution is 2.20. The lowest BCUT2D eigenvalue weighted by Gasteiger charge is -2.06. The van der Waals surface area contributed by atoms with E-state index in [1.807, 2.05) is 0 Å². The fourth-order valence-electron chi connectivity index (χ4n) is 2.26. The molecule has 116 valence electrons. The van der Waals surface area contributed by atoms with Crippen molar-refractivity contribution < 1.29 is 14.0 Å². The SMILES string of the molecule is Cc1nc2ccccn2c1C(=O)C(=O)Nc1ccc(F)c(Cl)c1. The minimum absolute atomic E-state index is 0.138. The van der Waals surface area contributed by atoms with Crippen molar-refractivity contribution in [2.24, 2.45) is 0 Å².